The second-order valence-corrected chi connectivity index (χ2v) is 20.2. The summed E-state index contributed by atoms with van der Waals surface area (Å²) in [7, 11) is -4.75. The summed E-state index contributed by atoms with van der Waals surface area (Å²) in [6, 6.07) is -1.54. The van der Waals surface area contributed by atoms with E-state index in [4.69, 9.17) is 13.8 Å². The van der Waals surface area contributed by atoms with Crippen LogP contribution in [-0.4, -0.2) is 64.9 Å². The van der Waals surface area contributed by atoms with Crippen LogP contribution in [0.5, 0.6) is 0 Å². The number of carbonyl (C=O) groups is 3. The van der Waals surface area contributed by atoms with Gasteiger partial charge in [-0.2, -0.15) is 0 Å². The molecule has 380 valence electrons. The van der Waals surface area contributed by atoms with E-state index in [1.165, 1.54) is 205 Å². The average Bonchev–Trinajstić information content (AvgIpc) is 3.27. The number of carboxylic acids is 1. The molecule has 0 aliphatic carbocycles. The number of ether oxygens (including phenoxy) is 1. The van der Waals surface area contributed by atoms with Crippen molar-refractivity contribution in [3.8, 4) is 0 Å². The van der Waals surface area contributed by atoms with Crippen LogP contribution in [0.2, 0.25) is 0 Å². The second-order valence-electron chi connectivity index (χ2n) is 18.8. The van der Waals surface area contributed by atoms with Crippen molar-refractivity contribution in [1.29, 1.82) is 0 Å². The topological polar surface area (TPSA) is 169 Å². The van der Waals surface area contributed by atoms with Gasteiger partial charge >= 0.3 is 19.8 Å². The largest absolute Gasteiger partial charge is 0.480 e. The molecule has 0 radical (unpaired) electrons. The molecule has 0 aromatic heterocycles. The summed E-state index contributed by atoms with van der Waals surface area (Å²) >= 11 is 0. The fourth-order valence-electron chi connectivity index (χ4n) is 8.20. The van der Waals surface area contributed by atoms with Gasteiger partial charge in [0, 0.05) is 12.8 Å². The molecule has 0 saturated heterocycles. The maximum Gasteiger partial charge on any atom is 0.472 e. The molecule has 11 nitrogen and oxygen atoms in total. The molecule has 3 unspecified atom stereocenters. The van der Waals surface area contributed by atoms with E-state index in [0.29, 0.717) is 12.8 Å². The zero-order chi connectivity index (χ0) is 47.0. The first kappa shape index (κ1) is 62.5. The van der Waals surface area contributed by atoms with Crippen LogP contribution in [0.3, 0.4) is 0 Å². The van der Waals surface area contributed by atoms with Gasteiger partial charge in [-0.15, -0.1) is 0 Å². The molecule has 0 saturated carbocycles. The van der Waals surface area contributed by atoms with Gasteiger partial charge in [-0.05, 0) is 12.8 Å². The number of carbonyl (C=O) groups excluding carboxylic acids is 2. The normalized spacial score (nSPS) is 13.4. The van der Waals surface area contributed by atoms with E-state index in [0.717, 1.165) is 38.5 Å². The summed E-state index contributed by atoms with van der Waals surface area (Å²) in [4.78, 5) is 46.2. The van der Waals surface area contributed by atoms with Crippen LogP contribution in [0, 0.1) is 0 Å². The summed E-state index contributed by atoms with van der Waals surface area (Å²) in [5, 5.41) is 22.0. The molecule has 0 aliphatic rings. The van der Waals surface area contributed by atoms with Gasteiger partial charge < -0.3 is 25.2 Å². The number of phosphoric ester groups is 1. The minimum atomic E-state index is -4.75. The average molecular weight is 932 g/mol. The Kier molecular flexibility index (Phi) is 46.8. The third kappa shape index (κ3) is 47.0. The van der Waals surface area contributed by atoms with Crippen molar-refractivity contribution in [3.05, 3.63) is 0 Å². The fraction of sp³-hybridized carbons (Fsp3) is 0.942. The van der Waals surface area contributed by atoms with E-state index < -0.39 is 57.6 Å². The molecule has 1 amide bonds. The third-order valence-electron chi connectivity index (χ3n) is 12.4. The number of hydrogen-bond donors (Lipinski definition) is 4. The number of aliphatic hydroxyl groups is 1. The quantitative estimate of drug-likeness (QED) is 0.0262. The summed E-state index contributed by atoms with van der Waals surface area (Å²) in [5.74, 6) is -2.34. The van der Waals surface area contributed by atoms with Gasteiger partial charge in [0.15, 0.2) is 6.04 Å². The molecular formula is C52H102NO10P. The zero-order valence-corrected chi connectivity index (χ0v) is 42.5. The summed E-state index contributed by atoms with van der Waals surface area (Å²) < 4.78 is 27.0. The zero-order valence-electron chi connectivity index (χ0n) is 41.6. The number of nitrogens with one attached hydrogen (secondary N) is 1. The van der Waals surface area contributed by atoms with Crippen molar-refractivity contribution in [2.45, 2.75) is 296 Å². The Morgan fingerprint density at radius 2 is 0.719 bits per heavy atom. The minimum Gasteiger partial charge on any atom is -0.480 e. The second kappa shape index (κ2) is 48.0. The van der Waals surface area contributed by atoms with Crippen molar-refractivity contribution < 1.29 is 47.8 Å². The van der Waals surface area contributed by atoms with E-state index in [9.17, 15) is 34.1 Å². The minimum absolute atomic E-state index is 0.153. The Morgan fingerprint density at radius 3 is 1.03 bits per heavy atom. The molecule has 12 heteroatoms. The lowest BCUT2D eigenvalue weighted by atomic mass is 10.0. The first-order chi connectivity index (χ1) is 31.1. The molecule has 0 fully saturated rings. The van der Waals surface area contributed by atoms with E-state index in [2.05, 4.69) is 19.2 Å². The maximum absolute atomic E-state index is 12.4. The monoisotopic (exact) mass is 932 g/mol. The van der Waals surface area contributed by atoms with Crippen LogP contribution in [-0.2, 0) is 32.7 Å². The lowest BCUT2D eigenvalue weighted by Gasteiger charge is -2.18. The Balaban J connectivity index is 3.75. The van der Waals surface area contributed by atoms with Crippen LogP contribution >= 0.6 is 7.82 Å². The molecule has 64 heavy (non-hydrogen) atoms. The number of phosphoric acid groups is 1. The highest BCUT2D eigenvalue weighted by molar-refractivity contribution is 7.47. The highest BCUT2D eigenvalue weighted by Gasteiger charge is 2.28. The van der Waals surface area contributed by atoms with Gasteiger partial charge in [0.2, 0.25) is 5.91 Å². The Labute approximate surface area is 393 Å². The maximum atomic E-state index is 12.4. The number of aliphatic carboxylic acids is 1. The van der Waals surface area contributed by atoms with E-state index in [-0.39, 0.29) is 12.8 Å². The van der Waals surface area contributed by atoms with Crippen LogP contribution in [0.25, 0.3) is 0 Å². The SMILES string of the molecule is CCCCCCCCCCCCCCCCCCCCCCCCCC(=O)NC(COP(=O)(O)OCC(O)COC(=O)CCCCCCCCCCCCCCCCCCC)C(=O)O. The van der Waals surface area contributed by atoms with Gasteiger partial charge in [0.1, 0.15) is 12.7 Å². The van der Waals surface area contributed by atoms with E-state index in [1.807, 2.05) is 0 Å². The number of hydrogen-bond acceptors (Lipinski definition) is 8. The van der Waals surface area contributed by atoms with Crippen molar-refractivity contribution in [1.82, 2.24) is 5.32 Å². The molecule has 0 rings (SSSR count). The summed E-state index contributed by atoms with van der Waals surface area (Å²) in [6.45, 7) is 2.67. The number of unbranched alkanes of at least 4 members (excludes halogenated alkanes) is 38. The third-order valence-corrected chi connectivity index (χ3v) is 13.3. The summed E-state index contributed by atoms with van der Waals surface area (Å²) in [6.07, 6.45) is 49.9. The predicted octanol–water partition coefficient (Wildman–Crippen LogP) is 15.0. The van der Waals surface area contributed by atoms with Gasteiger partial charge in [-0.1, -0.05) is 258 Å². The van der Waals surface area contributed by atoms with E-state index >= 15 is 0 Å². The van der Waals surface area contributed by atoms with Gasteiger partial charge in [0.05, 0.1) is 13.2 Å². The van der Waals surface area contributed by atoms with Crippen molar-refractivity contribution in [2.75, 3.05) is 19.8 Å². The molecular weight excluding hydrogens is 830 g/mol. The van der Waals surface area contributed by atoms with E-state index in [1.54, 1.807) is 0 Å². The number of amides is 1. The van der Waals surface area contributed by atoms with Crippen LogP contribution in [0.15, 0.2) is 0 Å². The Bertz CT molecular complexity index is 1090. The van der Waals surface area contributed by atoms with Crippen molar-refractivity contribution in [2.24, 2.45) is 0 Å². The molecule has 0 bridgehead atoms. The highest BCUT2D eigenvalue weighted by Crippen LogP contribution is 2.43. The first-order valence-corrected chi connectivity index (χ1v) is 28.6. The molecule has 0 aliphatic heterocycles. The number of aliphatic hydroxyl groups excluding tert-OH is 1. The molecule has 0 heterocycles. The molecule has 0 spiro atoms. The number of rotatable bonds is 52. The molecule has 0 aromatic carbocycles. The predicted molar refractivity (Wildman–Crippen MR) is 264 cm³/mol. The number of carboxylic acid groups (broad SMARTS) is 1. The lowest BCUT2D eigenvalue weighted by molar-refractivity contribution is -0.147. The number of esters is 1. The fourth-order valence-corrected chi connectivity index (χ4v) is 8.97. The molecule has 4 N–H and O–H groups in total. The van der Waals surface area contributed by atoms with Crippen molar-refractivity contribution in [3.63, 3.8) is 0 Å². The van der Waals surface area contributed by atoms with Crippen LogP contribution in [0.4, 0.5) is 0 Å². The molecule has 0 aromatic rings. The Hall–Kier alpha value is -1.52. The van der Waals surface area contributed by atoms with Gasteiger partial charge in [0.25, 0.3) is 0 Å². The van der Waals surface area contributed by atoms with Gasteiger partial charge in [-0.25, -0.2) is 9.36 Å². The first-order valence-electron chi connectivity index (χ1n) is 27.1. The highest BCUT2D eigenvalue weighted by atomic mass is 31.2. The summed E-state index contributed by atoms with van der Waals surface area (Å²) in [5.41, 5.74) is 0. The molecule has 3 atom stereocenters. The smallest absolute Gasteiger partial charge is 0.472 e. The van der Waals surface area contributed by atoms with Crippen LogP contribution < -0.4 is 5.32 Å². The van der Waals surface area contributed by atoms with Gasteiger partial charge in [-0.3, -0.25) is 18.6 Å². The van der Waals surface area contributed by atoms with Crippen molar-refractivity contribution >= 4 is 25.7 Å². The lowest BCUT2D eigenvalue weighted by Crippen LogP contribution is -2.43. The Morgan fingerprint density at radius 1 is 0.438 bits per heavy atom. The van der Waals surface area contributed by atoms with Crippen LogP contribution in [0.1, 0.15) is 284 Å². The standard InChI is InChI=1S/C52H102NO10P/c1-3-5-7-9-11-13-15-17-19-21-22-23-24-25-26-28-29-31-33-35-37-39-41-43-50(55)53-49(52(57)58)47-63-64(59,60)62-46-48(54)45-61-51(56)44-42-40-38-36-34-32-30-27-20-18-16-14-12-10-8-6-4-2/h48-49,54H,3-47H2,1-2H3,(H,53,55)(H,57,58)(H,59,60).